The summed E-state index contributed by atoms with van der Waals surface area (Å²) in [4.78, 5) is 32.2. The molecule has 3 aromatic heterocycles. The molecule has 0 atom stereocenters. The van der Waals surface area contributed by atoms with E-state index in [0.717, 1.165) is 81.1 Å². The number of nitrogens with one attached hydrogen (secondary N) is 2. The second-order valence-corrected chi connectivity index (χ2v) is 9.56. The van der Waals surface area contributed by atoms with Crippen LogP contribution in [0.15, 0.2) is 24.7 Å². The quantitative estimate of drug-likeness (QED) is 0.344. The van der Waals surface area contributed by atoms with Crippen LogP contribution in [0.5, 0.6) is 0 Å². The lowest BCUT2D eigenvalue weighted by Crippen LogP contribution is -2.35. The molecule has 11 nitrogen and oxygen atoms in total. The first-order chi connectivity index (χ1) is 17.7. The number of pyridine rings is 1. The van der Waals surface area contributed by atoms with Crippen LogP contribution in [0, 0.1) is 0 Å². The van der Waals surface area contributed by atoms with Gasteiger partial charge in [-0.15, -0.1) is 0 Å². The molecule has 192 valence electrons. The first-order valence-electron chi connectivity index (χ1n) is 12.9. The average molecular weight is 494 g/mol. The molecule has 4 N–H and O–H groups in total. The summed E-state index contributed by atoms with van der Waals surface area (Å²) in [6.07, 6.45) is 10.4. The Hall–Kier alpha value is -3.31. The first kappa shape index (κ1) is 24.4. The van der Waals surface area contributed by atoms with E-state index in [1.165, 1.54) is 12.8 Å². The largest absolute Gasteiger partial charge is 0.379 e. The lowest BCUT2D eigenvalue weighted by molar-refractivity contribution is -0.118. The van der Waals surface area contributed by atoms with Gasteiger partial charge in [-0.1, -0.05) is 12.8 Å². The summed E-state index contributed by atoms with van der Waals surface area (Å²) in [5.74, 6) is 0.920. The number of nitrogens with two attached hydrogens (primary N) is 1. The highest BCUT2D eigenvalue weighted by atomic mass is 16.5. The van der Waals surface area contributed by atoms with E-state index in [1.807, 2.05) is 24.7 Å². The van der Waals surface area contributed by atoms with E-state index in [0.29, 0.717) is 30.8 Å². The molecule has 1 saturated carbocycles. The molecule has 11 heteroatoms. The van der Waals surface area contributed by atoms with Crippen LogP contribution in [0.1, 0.15) is 56.7 Å². The van der Waals surface area contributed by atoms with E-state index >= 15 is 0 Å². The van der Waals surface area contributed by atoms with E-state index in [-0.39, 0.29) is 5.91 Å². The number of aromatic nitrogens is 5. The van der Waals surface area contributed by atoms with Crippen molar-refractivity contribution in [2.24, 2.45) is 5.73 Å². The number of hydrogen-bond acceptors (Lipinski definition) is 9. The van der Waals surface area contributed by atoms with Crippen LogP contribution in [-0.2, 0) is 16.1 Å². The van der Waals surface area contributed by atoms with Gasteiger partial charge in [-0.25, -0.2) is 4.98 Å². The van der Waals surface area contributed by atoms with Gasteiger partial charge in [0, 0.05) is 38.6 Å². The summed E-state index contributed by atoms with van der Waals surface area (Å²) in [6, 6.07) is 4.50. The summed E-state index contributed by atoms with van der Waals surface area (Å²) in [5, 5.41) is 6.73. The van der Waals surface area contributed by atoms with Crippen molar-refractivity contribution in [2.45, 2.75) is 57.5 Å². The number of amides is 1. The Bertz CT molecular complexity index is 1150. The van der Waals surface area contributed by atoms with Crippen molar-refractivity contribution in [1.29, 1.82) is 0 Å². The second-order valence-electron chi connectivity index (χ2n) is 9.56. The van der Waals surface area contributed by atoms with Gasteiger partial charge >= 0.3 is 0 Å². The average Bonchev–Trinajstić information content (AvgIpc) is 3.56. The van der Waals surface area contributed by atoms with Crippen LogP contribution in [0.4, 0.5) is 17.5 Å². The summed E-state index contributed by atoms with van der Waals surface area (Å²) < 4.78 is 7.62. The number of primary amides is 1. The highest BCUT2D eigenvalue weighted by molar-refractivity contribution is 5.86. The summed E-state index contributed by atoms with van der Waals surface area (Å²) >= 11 is 0. The Morgan fingerprint density at radius 2 is 1.94 bits per heavy atom. The van der Waals surface area contributed by atoms with Gasteiger partial charge in [0.25, 0.3) is 0 Å². The van der Waals surface area contributed by atoms with Crippen molar-refractivity contribution in [3.05, 3.63) is 30.4 Å². The number of unbranched alkanes of at least 4 members (excludes halogenated alkanes) is 1. The fourth-order valence-electron chi connectivity index (χ4n) is 4.87. The van der Waals surface area contributed by atoms with Crippen molar-refractivity contribution < 1.29 is 9.53 Å². The van der Waals surface area contributed by atoms with Crippen LogP contribution in [-0.4, -0.2) is 68.2 Å². The molecule has 1 aliphatic heterocycles. The molecule has 5 rings (SSSR count). The van der Waals surface area contributed by atoms with Gasteiger partial charge in [0.1, 0.15) is 0 Å². The Morgan fingerprint density at radius 1 is 1.11 bits per heavy atom. The molecule has 4 heterocycles. The third-order valence-corrected chi connectivity index (χ3v) is 6.85. The summed E-state index contributed by atoms with van der Waals surface area (Å²) in [7, 11) is 0. The minimum Gasteiger partial charge on any atom is -0.379 e. The molecule has 0 radical (unpaired) electrons. The predicted molar refractivity (Wildman–Crippen MR) is 138 cm³/mol. The van der Waals surface area contributed by atoms with Crippen molar-refractivity contribution >= 4 is 34.5 Å². The molecule has 2 fully saturated rings. The van der Waals surface area contributed by atoms with Crippen LogP contribution in [0.25, 0.3) is 11.2 Å². The third kappa shape index (κ3) is 6.08. The van der Waals surface area contributed by atoms with Crippen LogP contribution in [0.2, 0.25) is 0 Å². The maximum Gasteiger partial charge on any atom is 0.226 e. The number of carbonyl (C=O) groups is 1. The number of rotatable bonds is 11. The fraction of sp³-hybridized carbons (Fsp3) is 0.560. The lowest BCUT2D eigenvalue weighted by atomic mass is 10.2. The molecule has 1 aliphatic carbocycles. The number of carbonyl (C=O) groups excluding carboxylic acids is 1. The van der Waals surface area contributed by atoms with Gasteiger partial charge in [-0.2, -0.15) is 9.97 Å². The SMILES string of the molecule is NC(=O)CCCCNc1nc(Nc2ccc(CN3CCOCC3)nc2)c2ncn(C3CCCC3)c2n1. The molecule has 2 aliphatic rings. The van der Waals surface area contributed by atoms with E-state index in [4.69, 9.17) is 20.4 Å². The zero-order valence-electron chi connectivity index (χ0n) is 20.7. The molecular formula is C25H35N9O2. The molecule has 0 bridgehead atoms. The molecule has 1 saturated heterocycles. The zero-order valence-corrected chi connectivity index (χ0v) is 20.7. The summed E-state index contributed by atoms with van der Waals surface area (Å²) in [5.41, 5.74) is 8.70. The van der Waals surface area contributed by atoms with E-state index in [9.17, 15) is 4.79 Å². The number of morpholine rings is 1. The number of fused-ring (bicyclic) bond motifs is 1. The van der Waals surface area contributed by atoms with Gasteiger partial charge in [0.2, 0.25) is 11.9 Å². The van der Waals surface area contributed by atoms with Gasteiger partial charge in [-0.05, 0) is 37.8 Å². The smallest absolute Gasteiger partial charge is 0.226 e. The highest BCUT2D eigenvalue weighted by Gasteiger charge is 2.22. The minimum absolute atomic E-state index is 0.274. The van der Waals surface area contributed by atoms with Crippen molar-refractivity contribution in [3.8, 4) is 0 Å². The number of hydrogen-bond donors (Lipinski definition) is 3. The topological polar surface area (TPSA) is 136 Å². The number of imidazole rings is 1. The monoisotopic (exact) mass is 493 g/mol. The van der Waals surface area contributed by atoms with Crippen molar-refractivity contribution in [1.82, 2.24) is 29.4 Å². The molecule has 0 unspecified atom stereocenters. The Balaban J connectivity index is 1.33. The molecule has 1 amide bonds. The number of nitrogens with zero attached hydrogens (tertiary/aromatic N) is 6. The second kappa shape index (κ2) is 11.6. The minimum atomic E-state index is -0.274. The molecule has 36 heavy (non-hydrogen) atoms. The molecule has 0 spiro atoms. The Morgan fingerprint density at radius 3 is 2.69 bits per heavy atom. The van der Waals surface area contributed by atoms with Crippen molar-refractivity contribution in [2.75, 3.05) is 43.5 Å². The number of anilines is 3. The van der Waals surface area contributed by atoms with Gasteiger partial charge < -0.3 is 25.7 Å². The van der Waals surface area contributed by atoms with Crippen molar-refractivity contribution in [3.63, 3.8) is 0 Å². The maximum atomic E-state index is 11.0. The Labute approximate surface area is 210 Å². The lowest BCUT2D eigenvalue weighted by Gasteiger charge is -2.26. The third-order valence-electron chi connectivity index (χ3n) is 6.85. The molecular weight excluding hydrogens is 458 g/mol. The van der Waals surface area contributed by atoms with E-state index in [2.05, 4.69) is 30.1 Å². The predicted octanol–water partition coefficient (Wildman–Crippen LogP) is 2.98. The van der Waals surface area contributed by atoms with Crippen LogP contribution in [0.3, 0.4) is 0 Å². The van der Waals surface area contributed by atoms with E-state index in [1.54, 1.807) is 0 Å². The molecule has 0 aromatic carbocycles. The first-order valence-corrected chi connectivity index (χ1v) is 12.9. The van der Waals surface area contributed by atoms with E-state index < -0.39 is 0 Å². The summed E-state index contributed by atoms with van der Waals surface area (Å²) in [6.45, 7) is 4.90. The van der Waals surface area contributed by atoms with Gasteiger partial charge in [-0.3, -0.25) is 14.7 Å². The van der Waals surface area contributed by atoms with Crippen LogP contribution < -0.4 is 16.4 Å². The molecule has 3 aromatic rings. The standard InChI is InChI=1S/C25H35N9O2/c26-21(35)7-3-4-10-27-25-31-23(22-24(32-25)34(17-29-22)20-5-1-2-6-20)30-18-8-9-19(28-15-18)16-33-11-13-36-14-12-33/h8-9,15,17,20H,1-7,10-14,16H2,(H2,26,35)(H2,27,30,31,32). The maximum absolute atomic E-state index is 11.0. The Kier molecular flexibility index (Phi) is 7.87. The zero-order chi connectivity index (χ0) is 24.7. The van der Waals surface area contributed by atoms with Crippen LogP contribution >= 0.6 is 0 Å². The van der Waals surface area contributed by atoms with Gasteiger partial charge in [0.15, 0.2) is 17.0 Å². The fourth-order valence-corrected chi connectivity index (χ4v) is 4.87. The number of ether oxygens (including phenoxy) is 1. The van der Waals surface area contributed by atoms with Gasteiger partial charge in [0.05, 0.1) is 37.1 Å². The normalized spacial score (nSPS) is 17.0. The highest BCUT2D eigenvalue weighted by Crippen LogP contribution is 2.33.